The molecular weight excluding hydrogens is 396 g/mol. The van der Waals surface area contributed by atoms with Crippen LogP contribution in [0.15, 0.2) is 11.6 Å². The highest BCUT2D eigenvalue weighted by atomic mass is 16.5. The predicted molar refractivity (Wildman–Crippen MR) is 131 cm³/mol. The van der Waals surface area contributed by atoms with E-state index >= 15 is 0 Å². The Morgan fingerprint density at radius 1 is 1.06 bits per heavy atom. The van der Waals surface area contributed by atoms with Crippen LogP contribution in [0.4, 0.5) is 0 Å². The first-order valence-electron chi connectivity index (χ1n) is 13.7. The lowest BCUT2D eigenvalue weighted by Gasteiger charge is -2.59. The molecule has 0 bridgehead atoms. The van der Waals surface area contributed by atoms with E-state index in [-0.39, 0.29) is 12.2 Å². The van der Waals surface area contributed by atoms with Crippen LogP contribution in [0.5, 0.6) is 0 Å². The first kappa shape index (κ1) is 24.7. The molecule has 4 aliphatic rings. The molecule has 3 nitrogen and oxygen atoms in total. The van der Waals surface area contributed by atoms with Crippen molar-refractivity contribution in [1.82, 2.24) is 0 Å². The summed E-state index contributed by atoms with van der Waals surface area (Å²) >= 11 is 0. The SMILES string of the molecule is CC[C@]1(O)CC[C@@]2(C)C(=CC[C@H]3[C@@H]4CC[C@H]([C@@H](CC[C@H](O)C(C)C)OC)[C@@]4(C)CC[C@@H]32)C1. The van der Waals surface area contributed by atoms with E-state index < -0.39 is 5.60 Å². The van der Waals surface area contributed by atoms with Gasteiger partial charge in [0.1, 0.15) is 0 Å². The van der Waals surface area contributed by atoms with Crippen LogP contribution in [-0.4, -0.2) is 35.1 Å². The molecule has 184 valence electrons. The molecule has 0 heterocycles. The monoisotopic (exact) mass is 446 g/mol. The Morgan fingerprint density at radius 3 is 2.47 bits per heavy atom. The summed E-state index contributed by atoms with van der Waals surface area (Å²) in [6.45, 7) is 11.5. The van der Waals surface area contributed by atoms with Crippen molar-refractivity contribution in [1.29, 1.82) is 0 Å². The minimum Gasteiger partial charge on any atom is -0.393 e. The summed E-state index contributed by atoms with van der Waals surface area (Å²) in [7, 11) is 1.89. The van der Waals surface area contributed by atoms with Crippen LogP contribution in [0.1, 0.15) is 105 Å². The summed E-state index contributed by atoms with van der Waals surface area (Å²) in [5.41, 5.74) is 1.77. The Labute approximate surface area is 197 Å². The number of aliphatic hydroxyl groups excluding tert-OH is 1. The molecule has 0 amide bonds. The Kier molecular flexibility index (Phi) is 6.96. The molecule has 3 fully saturated rings. The van der Waals surface area contributed by atoms with Crippen molar-refractivity contribution in [3.63, 3.8) is 0 Å². The van der Waals surface area contributed by atoms with Gasteiger partial charge in [0.25, 0.3) is 0 Å². The lowest BCUT2D eigenvalue weighted by atomic mass is 9.46. The third kappa shape index (κ3) is 4.03. The van der Waals surface area contributed by atoms with Gasteiger partial charge in [-0.25, -0.2) is 0 Å². The molecule has 4 aliphatic carbocycles. The number of aliphatic hydroxyl groups is 2. The maximum Gasteiger partial charge on any atom is 0.0682 e. The van der Waals surface area contributed by atoms with E-state index in [0.717, 1.165) is 56.3 Å². The van der Waals surface area contributed by atoms with E-state index in [2.05, 4.69) is 40.7 Å². The average molecular weight is 447 g/mol. The van der Waals surface area contributed by atoms with Crippen LogP contribution in [0.2, 0.25) is 0 Å². The molecule has 2 N–H and O–H groups in total. The van der Waals surface area contributed by atoms with Gasteiger partial charge < -0.3 is 14.9 Å². The average Bonchev–Trinajstić information content (AvgIpc) is 3.12. The molecule has 3 heteroatoms. The number of methoxy groups -OCH3 is 1. The first-order valence-corrected chi connectivity index (χ1v) is 13.7. The van der Waals surface area contributed by atoms with Crippen LogP contribution in [0.3, 0.4) is 0 Å². The van der Waals surface area contributed by atoms with E-state index in [0.29, 0.717) is 22.7 Å². The number of hydrogen-bond donors (Lipinski definition) is 2. The number of ether oxygens (including phenoxy) is 1. The molecule has 0 aromatic rings. The third-order valence-corrected chi connectivity index (χ3v) is 11.3. The van der Waals surface area contributed by atoms with Gasteiger partial charge in [0, 0.05) is 7.11 Å². The molecule has 32 heavy (non-hydrogen) atoms. The maximum absolute atomic E-state index is 11.0. The highest BCUT2D eigenvalue weighted by Crippen LogP contribution is 2.67. The van der Waals surface area contributed by atoms with Crippen molar-refractivity contribution in [2.45, 2.75) is 123 Å². The number of fused-ring (bicyclic) bond motifs is 5. The molecule has 3 saturated carbocycles. The number of hydrogen-bond acceptors (Lipinski definition) is 3. The molecule has 0 aromatic carbocycles. The van der Waals surface area contributed by atoms with Gasteiger partial charge in [-0.05, 0) is 111 Å². The topological polar surface area (TPSA) is 49.7 Å². The van der Waals surface area contributed by atoms with E-state index in [1.165, 1.54) is 32.1 Å². The molecule has 4 rings (SSSR count). The van der Waals surface area contributed by atoms with Crippen LogP contribution in [-0.2, 0) is 4.74 Å². The van der Waals surface area contributed by atoms with E-state index in [1.807, 2.05) is 7.11 Å². The molecular formula is C29H50O3. The predicted octanol–water partition coefficient (Wildman–Crippen LogP) is 6.52. The summed E-state index contributed by atoms with van der Waals surface area (Å²) in [6, 6.07) is 0. The zero-order valence-electron chi connectivity index (χ0n) is 21.7. The van der Waals surface area contributed by atoms with Gasteiger partial charge in [0.2, 0.25) is 0 Å². The molecule has 0 unspecified atom stereocenters. The summed E-state index contributed by atoms with van der Waals surface area (Å²) in [6.07, 6.45) is 14.8. The highest BCUT2D eigenvalue weighted by Gasteiger charge is 2.60. The van der Waals surface area contributed by atoms with Crippen molar-refractivity contribution >= 4 is 0 Å². The highest BCUT2D eigenvalue weighted by molar-refractivity contribution is 5.27. The smallest absolute Gasteiger partial charge is 0.0682 e. The second kappa shape index (κ2) is 9.00. The lowest BCUT2D eigenvalue weighted by Crippen LogP contribution is -2.52. The summed E-state index contributed by atoms with van der Waals surface area (Å²) < 4.78 is 6.10. The van der Waals surface area contributed by atoms with Gasteiger partial charge in [-0.2, -0.15) is 0 Å². The van der Waals surface area contributed by atoms with Crippen LogP contribution >= 0.6 is 0 Å². The van der Waals surface area contributed by atoms with Gasteiger partial charge in [0.15, 0.2) is 0 Å². The lowest BCUT2D eigenvalue weighted by molar-refractivity contribution is -0.0906. The molecule has 0 aromatic heterocycles. The Balaban J connectivity index is 1.51. The fraction of sp³-hybridized carbons (Fsp3) is 0.931. The molecule has 0 saturated heterocycles. The van der Waals surface area contributed by atoms with Gasteiger partial charge in [-0.3, -0.25) is 0 Å². The Morgan fingerprint density at radius 2 is 1.81 bits per heavy atom. The van der Waals surface area contributed by atoms with Gasteiger partial charge in [-0.15, -0.1) is 0 Å². The number of rotatable bonds is 7. The van der Waals surface area contributed by atoms with Crippen molar-refractivity contribution in [2.24, 2.45) is 40.4 Å². The quantitative estimate of drug-likeness (QED) is 0.438. The second-order valence-corrected chi connectivity index (χ2v) is 12.9. The number of allylic oxidation sites excluding steroid dienone is 1. The largest absolute Gasteiger partial charge is 0.393 e. The van der Waals surface area contributed by atoms with Gasteiger partial charge >= 0.3 is 0 Å². The van der Waals surface area contributed by atoms with Crippen LogP contribution in [0, 0.1) is 40.4 Å². The first-order chi connectivity index (χ1) is 15.1. The standard InChI is InChI=1S/C29H50O3/c1-7-29(31)17-16-27(4)20(18-29)8-9-21-22-10-11-24(28(22,5)15-14-23(21)27)26(32-6)13-12-25(30)19(2)3/h8,19,21-26,30-31H,7,9-18H2,1-6H3/t21-,22-,23-,24+,25-,26+,27-,28-,29-/m0/s1. The fourth-order valence-electron chi connectivity index (χ4n) is 8.82. The van der Waals surface area contributed by atoms with Crippen LogP contribution in [0.25, 0.3) is 0 Å². The molecule has 0 radical (unpaired) electrons. The van der Waals surface area contributed by atoms with E-state index in [9.17, 15) is 10.2 Å². The third-order valence-electron chi connectivity index (χ3n) is 11.3. The van der Waals surface area contributed by atoms with Crippen LogP contribution < -0.4 is 0 Å². The minimum absolute atomic E-state index is 0.219. The van der Waals surface area contributed by atoms with E-state index in [4.69, 9.17) is 4.74 Å². The van der Waals surface area contributed by atoms with Crippen molar-refractivity contribution in [3.05, 3.63) is 11.6 Å². The van der Waals surface area contributed by atoms with Gasteiger partial charge in [0.05, 0.1) is 17.8 Å². The van der Waals surface area contributed by atoms with Crippen molar-refractivity contribution in [3.8, 4) is 0 Å². The minimum atomic E-state index is -0.466. The Bertz CT molecular complexity index is 701. The second-order valence-electron chi connectivity index (χ2n) is 12.9. The summed E-state index contributed by atoms with van der Waals surface area (Å²) in [5.74, 6) is 3.30. The van der Waals surface area contributed by atoms with Crippen molar-refractivity contribution < 1.29 is 14.9 Å². The maximum atomic E-state index is 11.0. The van der Waals surface area contributed by atoms with E-state index in [1.54, 1.807) is 5.57 Å². The molecule has 9 atom stereocenters. The normalized spacial score (nSPS) is 45.6. The molecule has 0 spiro atoms. The zero-order chi connectivity index (χ0) is 23.3. The Hall–Kier alpha value is -0.380. The summed E-state index contributed by atoms with van der Waals surface area (Å²) in [4.78, 5) is 0. The summed E-state index contributed by atoms with van der Waals surface area (Å²) in [5, 5.41) is 21.4. The van der Waals surface area contributed by atoms with Gasteiger partial charge in [-0.1, -0.05) is 46.3 Å². The molecule has 0 aliphatic heterocycles. The van der Waals surface area contributed by atoms with Crippen molar-refractivity contribution in [2.75, 3.05) is 7.11 Å². The fourth-order valence-corrected chi connectivity index (χ4v) is 8.82. The zero-order valence-corrected chi connectivity index (χ0v) is 21.7.